The van der Waals surface area contributed by atoms with Crippen LogP contribution in [0.25, 0.3) is 10.4 Å². The van der Waals surface area contributed by atoms with Crippen molar-refractivity contribution >= 4 is 27.5 Å². The number of alkyl carbamates (subject to hydrolysis) is 1. The summed E-state index contributed by atoms with van der Waals surface area (Å²) in [4.78, 5) is 17.7. The van der Waals surface area contributed by atoms with Crippen LogP contribution in [0.4, 0.5) is 4.79 Å². The van der Waals surface area contributed by atoms with Crippen molar-refractivity contribution in [2.45, 2.75) is 75.0 Å². The second kappa shape index (κ2) is 9.69. The molecule has 1 aliphatic heterocycles. The van der Waals surface area contributed by atoms with Crippen molar-refractivity contribution in [3.05, 3.63) is 35.5 Å². The topological polar surface area (TPSA) is 107 Å². The van der Waals surface area contributed by atoms with Crippen LogP contribution in [0.3, 0.4) is 0 Å². The van der Waals surface area contributed by atoms with Crippen LogP contribution in [0.1, 0.15) is 57.4 Å². The van der Waals surface area contributed by atoms with Crippen molar-refractivity contribution in [3.63, 3.8) is 0 Å². The molecule has 2 fully saturated rings. The minimum atomic E-state index is -3.67. The number of nitrogens with one attached hydrogen (secondary N) is 2. The second-order valence-corrected chi connectivity index (χ2v) is 12.4. The molecule has 0 bridgehead atoms. The number of hydrogen-bond acceptors (Lipinski definition) is 7. The number of benzene rings is 1. The normalized spacial score (nSPS) is 21.9. The molecule has 2 aliphatic rings. The van der Waals surface area contributed by atoms with Crippen LogP contribution in [0.5, 0.6) is 0 Å². The number of nitrogens with zero attached hydrogens (tertiary/aromatic N) is 1. The van der Waals surface area contributed by atoms with Gasteiger partial charge in [-0.3, -0.25) is 0 Å². The van der Waals surface area contributed by atoms with Gasteiger partial charge in [0.15, 0.2) is 6.10 Å². The summed E-state index contributed by atoms with van der Waals surface area (Å²) in [7, 11) is -3.67. The Hall–Kier alpha value is -2.01. The minimum Gasteiger partial charge on any atom is -0.441 e. The maximum atomic E-state index is 13.0. The molecule has 1 aromatic heterocycles. The average Bonchev–Trinajstić information content (AvgIpc) is 3.20. The van der Waals surface area contributed by atoms with E-state index < -0.39 is 15.6 Å². The standard InChI is InChI=1S/C23H31N3O5S2/c1-23(2,3)26-33(28,29)20-7-5-4-6-18(20)19-12-24-21(32-19)15-8-10-16(11-9-15)25-22(27)31-17-13-30-14-17/h4-7,12,15-17,26H,8-11,13-14H2,1-3H3,(H,25,27). The first-order chi connectivity index (χ1) is 15.6. The third kappa shape index (κ3) is 6.11. The Morgan fingerprint density at radius 2 is 1.85 bits per heavy atom. The zero-order valence-corrected chi connectivity index (χ0v) is 20.8. The monoisotopic (exact) mass is 493 g/mol. The number of hydrogen-bond donors (Lipinski definition) is 2. The van der Waals surface area contributed by atoms with Crippen molar-refractivity contribution in [2.24, 2.45) is 0 Å². The van der Waals surface area contributed by atoms with Gasteiger partial charge in [0.1, 0.15) is 0 Å². The van der Waals surface area contributed by atoms with Gasteiger partial charge in [-0.1, -0.05) is 18.2 Å². The first kappa shape index (κ1) is 24.1. The molecule has 1 saturated heterocycles. The second-order valence-electron chi connectivity index (χ2n) is 9.67. The predicted octanol–water partition coefficient (Wildman–Crippen LogP) is 4.04. The van der Waals surface area contributed by atoms with Crippen molar-refractivity contribution in [3.8, 4) is 10.4 Å². The maximum Gasteiger partial charge on any atom is 0.407 e. The van der Waals surface area contributed by atoms with Crippen LogP contribution in [0, 0.1) is 0 Å². The molecule has 4 rings (SSSR count). The van der Waals surface area contributed by atoms with E-state index in [2.05, 4.69) is 15.0 Å². The Balaban J connectivity index is 1.41. The molecule has 10 heteroatoms. The van der Waals surface area contributed by atoms with E-state index in [1.807, 2.05) is 32.9 Å². The molecule has 1 saturated carbocycles. The van der Waals surface area contributed by atoms with Gasteiger partial charge in [0.05, 0.1) is 28.0 Å². The van der Waals surface area contributed by atoms with Crippen molar-refractivity contribution in [1.82, 2.24) is 15.0 Å². The van der Waals surface area contributed by atoms with Gasteiger partial charge in [0, 0.05) is 29.3 Å². The van der Waals surface area contributed by atoms with Gasteiger partial charge in [-0.2, -0.15) is 0 Å². The number of ether oxygens (including phenoxy) is 2. The lowest BCUT2D eigenvalue weighted by Gasteiger charge is -2.30. The van der Waals surface area contributed by atoms with Gasteiger partial charge < -0.3 is 14.8 Å². The SMILES string of the molecule is CC(C)(C)NS(=O)(=O)c1ccccc1-c1cnc(C2CCC(NC(=O)OC3COC3)CC2)s1. The van der Waals surface area contributed by atoms with Crippen LogP contribution in [-0.2, 0) is 19.5 Å². The van der Waals surface area contributed by atoms with Crippen molar-refractivity contribution in [2.75, 3.05) is 13.2 Å². The van der Waals surface area contributed by atoms with E-state index in [0.717, 1.165) is 35.6 Å². The Morgan fingerprint density at radius 1 is 1.15 bits per heavy atom. The quantitative estimate of drug-likeness (QED) is 0.629. The predicted molar refractivity (Wildman–Crippen MR) is 127 cm³/mol. The van der Waals surface area contributed by atoms with Crippen LogP contribution < -0.4 is 10.0 Å². The molecule has 1 aromatic carbocycles. The first-order valence-electron chi connectivity index (χ1n) is 11.2. The molecule has 2 heterocycles. The third-order valence-electron chi connectivity index (χ3n) is 5.69. The van der Waals surface area contributed by atoms with E-state index in [1.165, 1.54) is 0 Å². The molecular weight excluding hydrogens is 462 g/mol. The molecule has 1 aliphatic carbocycles. The number of aromatic nitrogens is 1. The highest BCUT2D eigenvalue weighted by molar-refractivity contribution is 7.89. The first-order valence-corrected chi connectivity index (χ1v) is 13.5. The number of sulfonamides is 1. The lowest BCUT2D eigenvalue weighted by Crippen LogP contribution is -2.44. The molecule has 2 aromatic rings. The molecule has 0 spiro atoms. The summed E-state index contributed by atoms with van der Waals surface area (Å²) in [6, 6.07) is 7.14. The van der Waals surface area contributed by atoms with Gasteiger partial charge in [0.2, 0.25) is 10.0 Å². The molecule has 2 N–H and O–H groups in total. The van der Waals surface area contributed by atoms with E-state index in [4.69, 9.17) is 9.47 Å². The minimum absolute atomic E-state index is 0.100. The van der Waals surface area contributed by atoms with Crippen LogP contribution in [0.15, 0.2) is 35.4 Å². The highest BCUT2D eigenvalue weighted by Gasteiger charge is 2.29. The summed E-state index contributed by atoms with van der Waals surface area (Å²) in [5.41, 5.74) is 0.0892. The molecule has 33 heavy (non-hydrogen) atoms. The highest BCUT2D eigenvalue weighted by atomic mass is 32.2. The van der Waals surface area contributed by atoms with Crippen LogP contribution in [-0.4, -0.2) is 50.4 Å². The number of carbonyl (C=O) groups excluding carboxylic acids is 1. The van der Waals surface area contributed by atoms with Crippen LogP contribution in [0.2, 0.25) is 0 Å². The van der Waals surface area contributed by atoms with Gasteiger partial charge in [-0.25, -0.2) is 22.9 Å². The summed E-state index contributed by atoms with van der Waals surface area (Å²) < 4.78 is 39.0. The smallest absolute Gasteiger partial charge is 0.407 e. The third-order valence-corrected chi connectivity index (χ3v) is 8.69. The van der Waals surface area contributed by atoms with Crippen LogP contribution >= 0.6 is 11.3 Å². The van der Waals surface area contributed by atoms with E-state index >= 15 is 0 Å². The maximum absolute atomic E-state index is 13.0. The summed E-state index contributed by atoms with van der Waals surface area (Å²) in [5, 5.41) is 3.96. The molecular formula is C23H31N3O5S2. The zero-order chi connectivity index (χ0) is 23.6. The lowest BCUT2D eigenvalue weighted by molar-refractivity contribution is -0.0985. The number of thiazole rings is 1. The Labute approximate surface area is 199 Å². The largest absolute Gasteiger partial charge is 0.441 e. The molecule has 0 unspecified atom stereocenters. The van der Waals surface area contributed by atoms with Gasteiger partial charge in [-0.05, 0) is 52.5 Å². The van der Waals surface area contributed by atoms with Gasteiger partial charge >= 0.3 is 6.09 Å². The summed E-state index contributed by atoms with van der Waals surface area (Å²) >= 11 is 1.55. The molecule has 180 valence electrons. The zero-order valence-electron chi connectivity index (χ0n) is 19.2. The summed E-state index contributed by atoms with van der Waals surface area (Å²) in [5.74, 6) is 0.300. The molecule has 1 amide bonds. The molecule has 0 atom stereocenters. The Bertz CT molecular complexity index is 1080. The highest BCUT2D eigenvalue weighted by Crippen LogP contribution is 2.39. The number of rotatable bonds is 6. The number of carbonyl (C=O) groups is 1. The van der Waals surface area contributed by atoms with Gasteiger partial charge in [0.25, 0.3) is 0 Å². The van der Waals surface area contributed by atoms with E-state index in [0.29, 0.717) is 24.7 Å². The molecule has 0 radical (unpaired) electrons. The Kier molecular flexibility index (Phi) is 7.09. The average molecular weight is 494 g/mol. The lowest BCUT2D eigenvalue weighted by atomic mass is 9.86. The van der Waals surface area contributed by atoms with E-state index in [-0.39, 0.29) is 23.1 Å². The summed E-state index contributed by atoms with van der Waals surface area (Å²) in [6.45, 7) is 6.42. The molecule has 8 nitrogen and oxygen atoms in total. The fourth-order valence-corrected chi connectivity index (χ4v) is 6.91. The van der Waals surface area contributed by atoms with Gasteiger partial charge in [-0.15, -0.1) is 11.3 Å². The summed E-state index contributed by atoms with van der Waals surface area (Å²) in [6.07, 6.45) is 4.82. The van der Waals surface area contributed by atoms with E-state index in [9.17, 15) is 13.2 Å². The fourth-order valence-electron chi connectivity index (χ4n) is 4.08. The van der Waals surface area contributed by atoms with Crippen molar-refractivity contribution in [1.29, 1.82) is 0 Å². The number of amides is 1. The van der Waals surface area contributed by atoms with Crippen molar-refractivity contribution < 1.29 is 22.7 Å². The Morgan fingerprint density at radius 3 is 2.48 bits per heavy atom. The van der Waals surface area contributed by atoms with E-state index in [1.54, 1.807) is 29.7 Å². The fraction of sp³-hybridized carbons (Fsp3) is 0.565.